The SMILES string of the molecule is C=CC(=O)Oc1ccc(C)cc1C(=O)c1ccc(N(C)C)cc1. The number of hydrogen-bond donors (Lipinski definition) is 0. The highest BCUT2D eigenvalue weighted by Gasteiger charge is 2.16. The zero-order chi connectivity index (χ0) is 17.0. The van der Waals surface area contributed by atoms with Crippen molar-refractivity contribution < 1.29 is 14.3 Å². The topological polar surface area (TPSA) is 46.6 Å². The van der Waals surface area contributed by atoms with E-state index in [4.69, 9.17) is 4.74 Å². The summed E-state index contributed by atoms with van der Waals surface area (Å²) in [6, 6.07) is 12.4. The van der Waals surface area contributed by atoms with Gasteiger partial charge in [-0.2, -0.15) is 0 Å². The Morgan fingerprint density at radius 1 is 1.09 bits per heavy atom. The summed E-state index contributed by atoms with van der Waals surface area (Å²) in [5.41, 5.74) is 2.82. The third kappa shape index (κ3) is 3.86. The van der Waals surface area contributed by atoms with Crippen LogP contribution in [0.5, 0.6) is 5.75 Å². The van der Waals surface area contributed by atoms with Gasteiger partial charge in [0.2, 0.25) is 0 Å². The summed E-state index contributed by atoms with van der Waals surface area (Å²) < 4.78 is 5.17. The molecular weight excluding hydrogens is 290 g/mol. The second-order valence-electron chi connectivity index (χ2n) is 5.40. The van der Waals surface area contributed by atoms with Gasteiger partial charge in [-0.15, -0.1) is 0 Å². The molecular formula is C19H19NO3. The Balaban J connectivity index is 2.39. The third-order valence-corrected chi connectivity index (χ3v) is 3.40. The van der Waals surface area contributed by atoms with Crippen LogP contribution in [0.15, 0.2) is 55.1 Å². The number of ketones is 1. The first-order valence-electron chi connectivity index (χ1n) is 7.19. The molecule has 2 aromatic carbocycles. The summed E-state index contributed by atoms with van der Waals surface area (Å²) in [5.74, 6) is -0.543. The fourth-order valence-electron chi connectivity index (χ4n) is 2.13. The Labute approximate surface area is 136 Å². The highest BCUT2D eigenvalue weighted by atomic mass is 16.5. The van der Waals surface area contributed by atoms with Gasteiger partial charge >= 0.3 is 5.97 Å². The number of carbonyl (C=O) groups excluding carboxylic acids is 2. The lowest BCUT2D eigenvalue weighted by Gasteiger charge is -2.13. The monoisotopic (exact) mass is 309 g/mol. The Hall–Kier alpha value is -2.88. The number of aryl methyl sites for hydroxylation is 1. The second kappa shape index (κ2) is 6.92. The molecule has 0 aliphatic heterocycles. The van der Waals surface area contributed by atoms with Gasteiger partial charge in [-0.25, -0.2) is 4.79 Å². The van der Waals surface area contributed by atoms with Crippen LogP contribution in [0.3, 0.4) is 0 Å². The van der Waals surface area contributed by atoms with E-state index in [1.165, 1.54) is 0 Å². The lowest BCUT2D eigenvalue weighted by Crippen LogP contribution is -2.11. The number of ether oxygens (including phenoxy) is 1. The second-order valence-corrected chi connectivity index (χ2v) is 5.40. The molecule has 23 heavy (non-hydrogen) atoms. The molecule has 0 radical (unpaired) electrons. The first-order chi connectivity index (χ1) is 10.9. The van der Waals surface area contributed by atoms with E-state index in [0.717, 1.165) is 17.3 Å². The summed E-state index contributed by atoms with van der Waals surface area (Å²) in [7, 11) is 3.87. The normalized spacial score (nSPS) is 10.0. The molecule has 0 fully saturated rings. The molecule has 2 rings (SSSR count). The molecule has 0 unspecified atom stereocenters. The lowest BCUT2D eigenvalue weighted by molar-refractivity contribution is -0.128. The van der Waals surface area contributed by atoms with E-state index in [1.54, 1.807) is 30.3 Å². The fourth-order valence-corrected chi connectivity index (χ4v) is 2.13. The maximum Gasteiger partial charge on any atom is 0.335 e. The fraction of sp³-hybridized carbons (Fsp3) is 0.158. The summed E-state index contributed by atoms with van der Waals surface area (Å²) in [4.78, 5) is 26.1. The van der Waals surface area contributed by atoms with Gasteiger partial charge in [-0.05, 0) is 43.3 Å². The van der Waals surface area contributed by atoms with Crippen molar-refractivity contribution in [1.82, 2.24) is 0 Å². The Morgan fingerprint density at radius 2 is 1.74 bits per heavy atom. The first-order valence-corrected chi connectivity index (χ1v) is 7.19. The van der Waals surface area contributed by atoms with Crippen LogP contribution in [0, 0.1) is 6.92 Å². The van der Waals surface area contributed by atoms with Crippen LogP contribution in [0.25, 0.3) is 0 Å². The summed E-state index contributed by atoms with van der Waals surface area (Å²) in [6.45, 7) is 5.25. The molecule has 0 atom stereocenters. The molecule has 0 aliphatic carbocycles. The van der Waals surface area contributed by atoms with Crippen LogP contribution in [-0.4, -0.2) is 25.8 Å². The molecule has 0 aliphatic rings. The van der Waals surface area contributed by atoms with Crippen molar-refractivity contribution in [2.24, 2.45) is 0 Å². The van der Waals surface area contributed by atoms with Crippen molar-refractivity contribution in [3.8, 4) is 5.75 Å². The van der Waals surface area contributed by atoms with E-state index in [-0.39, 0.29) is 11.5 Å². The van der Waals surface area contributed by atoms with Gasteiger partial charge in [0.1, 0.15) is 5.75 Å². The zero-order valence-electron chi connectivity index (χ0n) is 13.5. The third-order valence-electron chi connectivity index (χ3n) is 3.40. The molecule has 4 heteroatoms. The van der Waals surface area contributed by atoms with Crippen molar-refractivity contribution >= 4 is 17.4 Å². The molecule has 0 aromatic heterocycles. The van der Waals surface area contributed by atoms with Gasteiger partial charge in [0.05, 0.1) is 5.56 Å². The van der Waals surface area contributed by atoms with Gasteiger partial charge in [-0.1, -0.05) is 18.2 Å². The summed E-state index contributed by atoms with van der Waals surface area (Å²) in [5, 5.41) is 0. The average molecular weight is 309 g/mol. The molecule has 0 amide bonds. The Morgan fingerprint density at radius 3 is 2.30 bits per heavy atom. The lowest BCUT2D eigenvalue weighted by atomic mass is 10.0. The number of nitrogens with zero attached hydrogens (tertiary/aromatic N) is 1. The van der Waals surface area contributed by atoms with Gasteiger partial charge in [-0.3, -0.25) is 4.79 Å². The van der Waals surface area contributed by atoms with Crippen LogP contribution in [0.4, 0.5) is 5.69 Å². The number of benzene rings is 2. The van der Waals surface area contributed by atoms with Gasteiger partial charge < -0.3 is 9.64 Å². The predicted octanol–water partition coefficient (Wildman–Crippen LogP) is 3.38. The number of carbonyl (C=O) groups is 2. The van der Waals surface area contributed by atoms with Crippen molar-refractivity contribution in [2.75, 3.05) is 19.0 Å². The highest BCUT2D eigenvalue weighted by Crippen LogP contribution is 2.24. The van der Waals surface area contributed by atoms with E-state index in [2.05, 4.69) is 6.58 Å². The minimum absolute atomic E-state index is 0.189. The number of esters is 1. The standard InChI is InChI=1S/C19H19NO3/c1-5-18(21)23-17-11-6-13(2)12-16(17)19(22)14-7-9-15(10-8-14)20(3)4/h5-12H,1H2,2-4H3. The molecule has 4 nitrogen and oxygen atoms in total. The van der Waals surface area contributed by atoms with Crippen LogP contribution < -0.4 is 9.64 Å². The van der Waals surface area contributed by atoms with Crippen LogP contribution in [0.2, 0.25) is 0 Å². The molecule has 0 N–H and O–H groups in total. The van der Waals surface area contributed by atoms with Crippen molar-refractivity contribution in [1.29, 1.82) is 0 Å². The van der Waals surface area contributed by atoms with Crippen molar-refractivity contribution in [2.45, 2.75) is 6.92 Å². The van der Waals surface area contributed by atoms with Crippen LogP contribution in [-0.2, 0) is 4.79 Å². The maximum atomic E-state index is 12.7. The molecule has 0 saturated carbocycles. The zero-order valence-corrected chi connectivity index (χ0v) is 13.5. The minimum atomic E-state index is -0.592. The van der Waals surface area contributed by atoms with Gasteiger partial charge in [0, 0.05) is 31.4 Å². The van der Waals surface area contributed by atoms with Gasteiger partial charge in [0.25, 0.3) is 0 Å². The van der Waals surface area contributed by atoms with E-state index >= 15 is 0 Å². The van der Waals surface area contributed by atoms with Crippen LogP contribution >= 0.6 is 0 Å². The van der Waals surface area contributed by atoms with E-state index in [1.807, 2.05) is 38.1 Å². The Kier molecular flexibility index (Phi) is 4.96. The maximum absolute atomic E-state index is 12.7. The molecule has 0 spiro atoms. The molecule has 118 valence electrons. The smallest absolute Gasteiger partial charge is 0.335 e. The largest absolute Gasteiger partial charge is 0.423 e. The van der Waals surface area contributed by atoms with E-state index in [0.29, 0.717) is 11.1 Å². The van der Waals surface area contributed by atoms with E-state index in [9.17, 15) is 9.59 Å². The quantitative estimate of drug-likeness (QED) is 0.368. The summed E-state index contributed by atoms with van der Waals surface area (Å²) >= 11 is 0. The molecule has 0 bridgehead atoms. The molecule has 2 aromatic rings. The highest BCUT2D eigenvalue weighted by molar-refractivity contribution is 6.11. The molecule has 0 saturated heterocycles. The van der Waals surface area contributed by atoms with Gasteiger partial charge in [0.15, 0.2) is 5.78 Å². The minimum Gasteiger partial charge on any atom is -0.423 e. The summed E-state index contributed by atoms with van der Waals surface area (Å²) in [6.07, 6.45) is 1.07. The van der Waals surface area contributed by atoms with Crippen molar-refractivity contribution in [3.05, 3.63) is 71.8 Å². The number of anilines is 1. The average Bonchev–Trinajstić information content (AvgIpc) is 2.55. The number of hydrogen-bond acceptors (Lipinski definition) is 4. The van der Waals surface area contributed by atoms with Crippen molar-refractivity contribution in [3.63, 3.8) is 0 Å². The molecule has 0 heterocycles. The number of rotatable bonds is 5. The van der Waals surface area contributed by atoms with E-state index < -0.39 is 5.97 Å². The Bertz CT molecular complexity index is 746. The van der Waals surface area contributed by atoms with Crippen LogP contribution in [0.1, 0.15) is 21.5 Å². The predicted molar refractivity (Wildman–Crippen MR) is 91.2 cm³/mol. The first kappa shape index (κ1) is 16.5.